The highest BCUT2D eigenvalue weighted by Gasteiger charge is 2.24. The summed E-state index contributed by atoms with van der Waals surface area (Å²) in [5, 5.41) is 0.549. The van der Waals surface area contributed by atoms with Crippen molar-refractivity contribution in [3.05, 3.63) is 106 Å². The maximum Gasteiger partial charge on any atom is 0.363 e. The molecule has 0 amide bonds. The topological polar surface area (TPSA) is 47.9 Å². The maximum absolute atomic E-state index is 12.3. The SMILES string of the molecule is O=C1OC(c2cccc(Cl)c2)=N/C1=C\c1ccccc1OCc1ccccc1. The standard InChI is InChI=1S/C23H16ClNO3/c24-19-11-6-10-18(13-19)22-25-20(23(26)28-22)14-17-9-4-5-12-21(17)27-15-16-7-2-1-3-8-16/h1-14H,15H2/b20-14-. The van der Waals surface area contributed by atoms with Crippen LogP contribution in [-0.4, -0.2) is 11.9 Å². The molecule has 0 spiro atoms. The molecule has 0 aromatic heterocycles. The van der Waals surface area contributed by atoms with E-state index in [1.165, 1.54) is 0 Å². The maximum atomic E-state index is 12.3. The number of halogens is 1. The number of carbonyl (C=O) groups excluding carboxylic acids is 1. The number of hydrogen-bond donors (Lipinski definition) is 0. The lowest BCUT2D eigenvalue weighted by Crippen LogP contribution is -2.05. The third-order valence-corrected chi connectivity index (χ3v) is 4.38. The molecule has 0 fully saturated rings. The Hall–Kier alpha value is -3.37. The molecule has 0 unspecified atom stereocenters. The zero-order valence-electron chi connectivity index (χ0n) is 14.8. The molecule has 138 valence electrons. The number of esters is 1. The zero-order valence-corrected chi connectivity index (χ0v) is 15.6. The Labute approximate surface area is 167 Å². The van der Waals surface area contributed by atoms with Gasteiger partial charge in [0.2, 0.25) is 5.90 Å². The van der Waals surface area contributed by atoms with Crippen molar-refractivity contribution < 1.29 is 14.3 Å². The van der Waals surface area contributed by atoms with E-state index in [0.29, 0.717) is 22.9 Å². The minimum absolute atomic E-state index is 0.214. The van der Waals surface area contributed by atoms with Gasteiger partial charge in [-0.15, -0.1) is 0 Å². The van der Waals surface area contributed by atoms with Crippen LogP contribution in [0, 0.1) is 0 Å². The first-order valence-electron chi connectivity index (χ1n) is 8.73. The molecule has 3 aromatic carbocycles. The van der Waals surface area contributed by atoms with Crippen molar-refractivity contribution in [2.24, 2.45) is 4.99 Å². The first kappa shape index (κ1) is 18.0. The predicted octanol–water partition coefficient (Wildman–Crippen LogP) is 5.26. The van der Waals surface area contributed by atoms with Gasteiger partial charge in [0.15, 0.2) is 5.70 Å². The summed E-state index contributed by atoms with van der Waals surface area (Å²) in [5.41, 5.74) is 2.68. The van der Waals surface area contributed by atoms with E-state index in [1.807, 2.05) is 54.6 Å². The van der Waals surface area contributed by atoms with E-state index in [1.54, 1.807) is 30.3 Å². The van der Waals surface area contributed by atoms with Crippen LogP contribution in [0.3, 0.4) is 0 Å². The van der Waals surface area contributed by atoms with Gasteiger partial charge >= 0.3 is 5.97 Å². The fraction of sp³-hybridized carbons (Fsp3) is 0.0435. The van der Waals surface area contributed by atoms with Gasteiger partial charge in [-0.05, 0) is 35.9 Å². The second kappa shape index (κ2) is 8.11. The number of hydrogen-bond acceptors (Lipinski definition) is 4. The first-order valence-corrected chi connectivity index (χ1v) is 9.11. The average molecular weight is 390 g/mol. The lowest BCUT2D eigenvalue weighted by molar-refractivity contribution is -0.129. The molecule has 3 aromatic rings. The average Bonchev–Trinajstić information content (AvgIpc) is 3.09. The fourth-order valence-electron chi connectivity index (χ4n) is 2.77. The molecule has 0 atom stereocenters. The summed E-state index contributed by atoms with van der Waals surface area (Å²) in [7, 11) is 0. The van der Waals surface area contributed by atoms with E-state index in [4.69, 9.17) is 21.1 Å². The van der Waals surface area contributed by atoms with Crippen molar-refractivity contribution in [3.8, 4) is 5.75 Å². The number of cyclic esters (lactones) is 1. The molecule has 0 saturated heterocycles. The summed E-state index contributed by atoms with van der Waals surface area (Å²) in [4.78, 5) is 16.6. The largest absolute Gasteiger partial charge is 0.488 e. The van der Waals surface area contributed by atoms with Gasteiger partial charge in [0.1, 0.15) is 12.4 Å². The summed E-state index contributed by atoms with van der Waals surface area (Å²) >= 11 is 6.01. The number of ether oxygens (including phenoxy) is 2. The highest BCUT2D eigenvalue weighted by atomic mass is 35.5. The minimum Gasteiger partial charge on any atom is -0.488 e. The van der Waals surface area contributed by atoms with Crippen LogP contribution in [0.5, 0.6) is 5.75 Å². The summed E-state index contributed by atoms with van der Waals surface area (Å²) in [5.74, 6) is 0.396. The lowest BCUT2D eigenvalue weighted by atomic mass is 10.1. The summed E-state index contributed by atoms with van der Waals surface area (Å²) in [6, 6.07) is 24.4. The number of rotatable bonds is 5. The molecule has 4 nitrogen and oxygen atoms in total. The number of carbonyl (C=O) groups is 1. The van der Waals surface area contributed by atoms with Crippen molar-refractivity contribution in [2.45, 2.75) is 6.61 Å². The molecule has 1 heterocycles. The fourth-order valence-corrected chi connectivity index (χ4v) is 2.96. The van der Waals surface area contributed by atoms with Gasteiger partial charge < -0.3 is 9.47 Å². The van der Waals surface area contributed by atoms with Gasteiger partial charge in [-0.3, -0.25) is 0 Å². The minimum atomic E-state index is -0.507. The second-order valence-electron chi connectivity index (χ2n) is 6.16. The summed E-state index contributed by atoms with van der Waals surface area (Å²) in [6.07, 6.45) is 1.67. The van der Waals surface area contributed by atoms with Crippen LogP contribution in [-0.2, 0) is 16.1 Å². The van der Waals surface area contributed by atoms with E-state index >= 15 is 0 Å². The quantitative estimate of drug-likeness (QED) is 0.441. The highest BCUT2D eigenvalue weighted by molar-refractivity contribution is 6.31. The Morgan fingerprint density at radius 1 is 0.964 bits per heavy atom. The Bertz CT molecular complexity index is 1070. The van der Waals surface area contributed by atoms with Crippen molar-refractivity contribution >= 4 is 29.5 Å². The number of nitrogens with zero attached hydrogens (tertiary/aromatic N) is 1. The van der Waals surface area contributed by atoms with Crippen LogP contribution in [0.15, 0.2) is 89.6 Å². The second-order valence-corrected chi connectivity index (χ2v) is 6.59. The van der Waals surface area contributed by atoms with Gasteiger partial charge in [-0.25, -0.2) is 9.79 Å². The van der Waals surface area contributed by atoms with E-state index < -0.39 is 5.97 Å². The van der Waals surface area contributed by atoms with Gasteiger partial charge in [-0.2, -0.15) is 0 Å². The summed E-state index contributed by atoms with van der Waals surface area (Å²) in [6.45, 7) is 0.433. The Morgan fingerprint density at radius 3 is 2.57 bits per heavy atom. The first-order chi connectivity index (χ1) is 13.7. The third kappa shape index (κ3) is 4.13. The van der Waals surface area contributed by atoms with Crippen LogP contribution < -0.4 is 4.74 Å². The van der Waals surface area contributed by atoms with Crippen LogP contribution in [0.1, 0.15) is 16.7 Å². The van der Waals surface area contributed by atoms with Crippen molar-refractivity contribution in [2.75, 3.05) is 0 Å². The number of para-hydroxylation sites is 1. The predicted molar refractivity (Wildman–Crippen MR) is 109 cm³/mol. The molecular weight excluding hydrogens is 374 g/mol. The molecule has 0 bridgehead atoms. The molecule has 0 radical (unpaired) electrons. The van der Waals surface area contributed by atoms with Crippen LogP contribution in [0.2, 0.25) is 5.02 Å². The molecular formula is C23H16ClNO3. The molecule has 1 aliphatic heterocycles. The van der Waals surface area contributed by atoms with E-state index in [0.717, 1.165) is 11.1 Å². The smallest absolute Gasteiger partial charge is 0.363 e. The monoisotopic (exact) mass is 389 g/mol. The molecule has 4 rings (SSSR count). The highest BCUT2D eigenvalue weighted by Crippen LogP contribution is 2.26. The Morgan fingerprint density at radius 2 is 1.75 bits per heavy atom. The third-order valence-electron chi connectivity index (χ3n) is 4.14. The molecule has 0 N–H and O–H groups in total. The Balaban J connectivity index is 1.59. The lowest BCUT2D eigenvalue weighted by Gasteiger charge is -2.09. The van der Waals surface area contributed by atoms with E-state index in [-0.39, 0.29) is 11.6 Å². The van der Waals surface area contributed by atoms with Gasteiger partial charge in [0.25, 0.3) is 0 Å². The molecule has 1 aliphatic rings. The Kier molecular flexibility index (Phi) is 5.22. The normalized spacial score (nSPS) is 14.7. The van der Waals surface area contributed by atoms with E-state index in [2.05, 4.69) is 4.99 Å². The zero-order chi connectivity index (χ0) is 19.3. The molecule has 28 heavy (non-hydrogen) atoms. The van der Waals surface area contributed by atoms with Crippen LogP contribution >= 0.6 is 11.6 Å². The molecule has 0 aliphatic carbocycles. The van der Waals surface area contributed by atoms with Crippen LogP contribution in [0.25, 0.3) is 6.08 Å². The summed E-state index contributed by atoms with van der Waals surface area (Å²) < 4.78 is 11.2. The van der Waals surface area contributed by atoms with Gasteiger partial charge in [-0.1, -0.05) is 66.2 Å². The van der Waals surface area contributed by atoms with E-state index in [9.17, 15) is 4.79 Å². The van der Waals surface area contributed by atoms with Crippen molar-refractivity contribution in [1.82, 2.24) is 0 Å². The number of benzene rings is 3. The van der Waals surface area contributed by atoms with Gasteiger partial charge in [0.05, 0.1) is 0 Å². The van der Waals surface area contributed by atoms with Crippen molar-refractivity contribution in [3.63, 3.8) is 0 Å². The number of aliphatic imine (C=N–C) groups is 1. The van der Waals surface area contributed by atoms with Gasteiger partial charge in [0, 0.05) is 16.1 Å². The molecule has 5 heteroatoms. The molecule has 0 saturated carbocycles. The van der Waals surface area contributed by atoms with Crippen LogP contribution in [0.4, 0.5) is 0 Å². The van der Waals surface area contributed by atoms with Crippen molar-refractivity contribution in [1.29, 1.82) is 0 Å².